The highest BCUT2D eigenvalue weighted by Crippen LogP contribution is 2.41. The number of fused-ring (bicyclic) bond motifs is 2. The summed E-state index contributed by atoms with van der Waals surface area (Å²) in [6, 6.07) is 31.5. The van der Waals surface area contributed by atoms with Crippen molar-refractivity contribution in [2.45, 2.75) is 63.4 Å². The highest BCUT2D eigenvalue weighted by molar-refractivity contribution is 6.48. The lowest BCUT2D eigenvalue weighted by Gasteiger charge is -2.41. The normalized spacial score (nSPS) is 20.9. The lowest BCUT2D eigenvalue weighted by Crippen LogP contribution is -2.52. The van der Waals surface area contributed by atoms with Gasteiger partial charge in [-0.1, -0.05) is 104 Å². The number of hydrogen-bond donors (Lipinski definition) is 1. The average molecular weight is 447 g/mol. The molecule has 1 aliphatic carbocycles. The number of benzene rings is 4. The molecule has 4 aromatic carbocycles. The van der Waals surface area contributed by atoms with Crippen LogP contribution in [0.2, 0.25) is 6.82 Å². The third-order valence-electron chi connectivity index (χ3n) is 8.25. The summed E-state index contributed by atoms with van der Waals surface area (Å²) in [5.41, 5.74) is 2.53. The molecule has 0 bridgehead atoms. The Morgan fingerprint density at radius 3 is 1.85 bits per heavy atom. The molecule has 0 radical (unpaired) electrons. The summed E-state index contributed by atoms with van der Waals surface area (Å²) in [6.07, 6.45) is 8.53. The third kappa shape index (κ3) is 4.06. The highest BCUT2D eigenvalue weighted by atomic mass is 16.5. The minimum Gasteiger partial charge on any atom is -0.414 e. The number of nitrogens with one attached hydrogen (secondary N) is 1. The maximum atomic E-state index is 7.01. The first-order valence-electron chi connectivity index (χ1n) is 13.1. The van der Waals surface area contributed by atoms with Gasteiger partial charge in [0.15, 0.2) is 0 Å². The minimum atomic E-state index is -0.268. The van der Waals surface area contributed by atoms with Gasteiger partial charge in [-0.05, 0) is 58.3 Å². The first-order valence-corrected chi connectivity index (χ1v) is 13.1. The van der Waals surface area contributed by atoms with Crippen LogP contribution in [0.5, 0.6) is 0 Å². The van der Waals surface area contributed by atoms with Crippen LogP contribution in [-0.2, 0) is 17.5 Å². The monoisotopic (exact) mass is 447 g/mol. The van der Waals surface area contributed by atoms with Gasteiger partial charge in [-0.15, -0.1) is 0 Å². The van der Waals surface area contributed by atoms with Crippen molar-refractivity contribution in [1.29, 1.82) is 0 Å². The van der Waals surface area contributed by atoms with Gasteiger partial charge in [0.1, 0.15) is 0 Å². The zero-order valence-corrected chi connectivity index (χ0v) is 20.2. The van der Waals surface area contributed by atoms with E-state index in [0.29, 0.717) is 12.0 Å². The molecular weight excluding hydrogens is 413 g/mol. The second-order valence-electron chi connectivity index (χ2n) is 10.5. The Balaban J connectivity index is 1.47. The summed E-state index contributed by atoms with van der Waals surface area (Å²) in [6.45, 7) is 2.20. The van der Waals surface area contributed by atoms with Crippen LogP contribution in [0.1, 0.15) is 43.2 Å². The Kier molecular flexibility index (Phi) is 5.93. The van der Waals surface area contributed by atoms with E-state index in [9.17, 15) is 0 Å². The summed E-state index contributed by atoms with van der Waals surface area (Å²) in [7, 11) is 0.0666. The first kappa shape index (κ1) is 21.9. The number of hydrogen-bond acceptors (Lipinski definition) is 2. The fourth-order valence-corrected chi connectivity index (χ4v) is 6.80. The molecule has 2 fully saturated rings. The molecule has 1 heterocycles. The largest absolute Gasteiger partial charge is 0.414 e. The van der Waals surface area contributed by atoms with Crippen molar-refractivity contribution in [1.82, 2.24) is 5.23 Å². The fraction of sp³-hybridized carbons (Fsp3) is 0.355. The predicted molar refractivity (Wildman–Crippen MR) is 144 cm³/mol. The lowest BCUT2D eigenvalue weighted by molar-refractivity contribution is 0.0416. The molecule has 2 nitrogen and oxygen atoms in total. The molecule has 0 aromatic heterocycles. The smallest absolute Gasteiger partial charge is 0.377 e. The van der Waals surface area contributed by atoms with Crippen molar-refractivity contribution in [3.63, 3.8) is 0 Å². The summed E-state index contributed by atoms with van der Waals surface area (Å²) in [4.78, 5) is 0. The molecular formula is C31H34BNO. The SMILES string of the molecule is CB1N[C@H](C2CCCCC2)C(Cc2cccc3ccccc23)(Cc2cccc3ccccc23)O1. The maximum absolute atomic E-state index is 7.01. The van der Waals surface area contributed by atoms with Gasteiger partial charge < -0.3 is 9.88 Å². The van der Waals surface area contributed by atoms with Crippen LogP contribution in [0, 0.1) is 5.92 Å². The summed E-state index contributed by atoms with van der Waals surface area (Å²) >= 11 is 0. The summed E-state index contributed by atoms with van der Waals surface area (Å²) < 4.78 is 7.01. The Bertz CT molecular complexity index is 1200. The van der Waals surface area contributed by atoms with Crippen molar-refractivity contribution in [3.05, 3.63) is 96.1 Å². The van der Waals surface area contributed by atoms with Gasteiger partial charge in [-0.2, -0.15) is 0 Å². The van der Waals surface area contributed by atoms with E-state index in [1.165, 1.54) is 64.8 Å². The first-order chi connectivity index (χ1) is 16.7. The topological polar surface area (TPSA) is 21.3 Å². The molecule has 1 saturated carbocycles. The van der Waals surface area contributed by atoms with Gasteiger partial charge in [-0.3, -0.25) is 0 Å². The molecule has 2 aliphatic rings. The minimum absolute atomic E-state index is 0.0666. The summed E-state index contributed by atoms with van der Waals surface area (Å²) in [5, 5.41) is 9.26. The van der Waals surface area contributed by atoms with Gasteiger partial charge >= 0.3 is 7.05 Å². The van der Waals surface area contributed by atoms with Gasteiger partial charge in [0.25, 0.3) is 0 Å². The second-order valence-corrected chi connectivity index (χ2v) is 10.5. The Morgan fingerprint density at radius 2 is 1.26 bits per heavy atom. The molecule has 1 saturated heterocycles. The highest BCUT2D eigenvalue weighted by Gasteiger charge is 2.51. The van der Waals surface area contributed by atoms with Crippen LogP contribution in [-0.4, -0.2) is 18.7 Å². The molecule has 34 heavy (non-hydrogen) atoms. The van der Waals surface area contributed by atoms with E-state index in [4.69, 9.17) is 4.65 Å². The van der Waals surface area contributed by atoms with Crippen molar-refractivity contribution in [2.75, 3.05) is 0 Å². The second kappa shape index (κ2) is 9.21. The maximum Gasteiger partial charge on any atom is 0.377 e. The van der Waals surface area contributed by atoms with Gasteiger partial charge in [-0.25, -0.2) is 0 Å². The van der Waals surface area contributed by atoms with Gasteiger partial charge in [0.05, 0.1) is 5.60 Å². The van der Waals surface area contributed by atoms with Crippen molar-refractivity contribution >= 4 is 28.6 Å². The Morgan fingerprint density at radius 1 is 0.735 bits per heavy atom. The van der Waals surface area contributed by atoms with E-state index >= 15 is 0 Å². The fourth-order valence-electron chi connectivity index (χ4n) is 6.80. The van der Waals surface area contributed by atoms with E-state index in [0.717, 1.165) is 12.8 Å². The van der Waals surface area contributed by atoms with E-state index in [1.807, 2.05) is 0 Å². The third-order valence-corrected chi connectivity index (χ3v) is 8.25. The van der Waals surface area contributed by atoms with E-state index in [2.05, 4.69) is 97.0 Å². The molecule has 4 aromatic rings. The molecule has 1 atom stereocenters. The Labute approximate surface area is 203 Å². The van der Waals surface area contributed by atoms with Gasteiger partial charge in [0.2, 0.25) is 0 Å². The van der Waals surface area contributed by atoms with E-state index in [-0.39, 0.29) is 12.7 Å². The van der Waals surface area contributed by atoms with Crippen molar-refractivity contribution in [2.24, 2.45) is 5.92 Å². The molecule has 1 aliphatic heterocycles. The zero-order chi connectivity index (χ0) is 23.0. The molecule has 0 spiro atoms. The molecule has 6 rings (SSSR count). The van der Waals surface area contributed by atoms with Crippen LogP contribution >= 0.6 is 0 Å². The van der Waals surface area contributed by atoms with E-state index < -0.39 is 0 Å². The van der Waals surface area contributed by atoms with Crippen LogP contribution in [0.3, 0.4) is 0 Å². The van der Waals surface area contributed by atoms with E-state index in [1.54, 1.807) is 0 Å². The van der Waals surface area contributed by atoms with Crippen LogP contribution in [0.15, 0.2) is 84.9 Å². The molecule has 1 N–H and O–H groups in total. The predicted octanol–water partition coefficient (Wildman–Crippen LogP) is 7.20. The van der Waals surface area contributed by atoms with Crippen LogP contribution in [0.4, 0.5) is 0 Å². The standard InChI is InChI=1S/C31H34BNO/c1-32-33-30(25-13-3-2-4-14-25)31(34-32,21-26-17-9-15-23-11-5-7-19-28(23)26)22-27-18-10-16-24-12-6-8-20-29(24)27/h5-12,15-20,25,30,33H,2-4,13-14,21-22H2,1H3/t30-/m1/s1. The molecule has 3 heteroatoms. The quantitative estimate of drug-likeness (QED) is 0.327. The van der Waals surface area contributed by atoms with Gasteiger partial charge in [0, 0.05) is 18.9 Å². The van der Waals surface area contributed by atoms with Crippen molar-refractivity contribution < 1.29 is 4.65 Å². The molecule has 0 amide bonds. The molecule has 0 unspecified atom stereocenters. The molecule has 172 valence electrons. The average Bonchev–Trinajstić information content (AvgIpc) is 3.20. The summed E-state index contributed by atoms with van der Waals surface area (Å²) in [5.74, 6) is 0.670. The zero-order valence-electron chi connectivity index (χ0n) is 20.2. The van der Waals surface area contributed by atoms with Crippen LogP contribution in [0.25, 0.3) is 21.5 Å². The number of rotatable bonds is 5. The van der Waals surface area contributed by atoms with Crippen molar-refractivity contribution in [3.8, 4) is 0 Å². The Hall–Kier alpha value is -2.62. The van der Waals surface area contributed by atoms with Crippen LogP contribution < -0.4 is 5.23 Å². The lowest BCUT2D eigenvalue weighted by atomic mass is 9.71.